The lowest BCUT2D eigenvalue weighted by Crippen LogP contribution is -2.47. The molecule has 0 aromatic rings. The number of ether oxygens (including phenoxy) is 1. The van der Waals surface area contributed by atoms with Crippen molar-refractivity contribution >= 4 is 11.8 Å². The molecular weight excluding hydrogens is 246 g/mol. The smallest absolute Gasteiger partial charge is 0.0594 e. The van der Waals surface area contributed by atoms with Crippen LogP contribution in [0.25, 0.3) is 0 Å². The van der Waals surface area contributed by atoms with E-state index in [1.165, 1.54) is 44.1 Å². The maximum atomic E-state index is 5.44. The molecule has 0 bridgehead atoms. The molecule has 3 heterocycles. The molecule has 2 unspecified atom stereocenters. The first-order valence-corrected chi connectivity index (χ1v) is 8.42. The molecule has 0 amide bonds. The van der Waals surface area contributed by atoms with Crippen molar-refractivity contribution in [1.29, 1.82) is 0 Å². The molecule has 3 aliphatic rings. The monoisotopic (exact) mass is 271 g/mol. The third-order valence-electron chi connectivity index (χ3n) is 4.29. The molecule has 2 atom stereocenters. The third-order valence-corrected chi connectivity index (χ3v) is 5.42. The summed E-state index contributed by atoms with van der Waals surface area (Å²) in [6.07, 6.45) is 1.35. The van der Waals surface area contributed by atoms with Crippen LogP contribution in [-0.2, 0) is 4.74 Å². The second kappa shape index (κ2) is 6.57. The Bertz CT molecular complexity index is 255. The minimum absolute atomic E-state index is 0.715. The summed E-state index contributed by atoms with van der Waals surface area (Å²) in [6.45, 7) is 9.11. The van der Waals surface area contributed by atoms with Gasteiger partial charge in [0.15, 0.2) is 0 Å². The molecule has 0 radical (unpaired) electrons. The summed E-state index contributed by atoms with van der Waals surface area (Å²) < 4.78 is 5.44. The Hall–Kier alpha value is 0.190. The van der Waals surface area contributed by atoms with Crippen LogP contribution in [-0.4, -0.2) is 85.9 Å². The molecule has 3 fully saturated rings. The van der Waals surface area contributed by atoms with Crippen molar-refractivity contribution in [2.24, 2.45) is 0 Å². The fourth-order valence-electron chi connectivity index (χ4n) is 3.27. The van der Waals surface area contributed by atoms with Crippen molar-refractivity contribution in [2.75, 3.05) is 64.0 Å². The van der Waals surface area contributed by atoms with Crippen molar-refractivity contribution in [2.45, 2.75) is 18.5 Å². The molecule has 4 nitrogen and oxygen atoms in total. The maximum Gasteiger partial charge on any atom is 0.0594 e. The van der Waals surface area contributed by atoms with Crippen LogP contribution in [0.5, 0.6) is 0 Å². The van der Waals surface area contributed by atoms with Crippen LogP contribution >= 0.6 is 11.8 Å². The van der Waals surface area contributed by atoms with Crippen molar-refractivity contribution in [3.8, 4) is 0 Å². The molecule has 104 valence electrons. The van der Waals surface area contributed by atoms with Crippen LogP contribution in [0.3, 0.4) is 0 Å². The second-order valence-corrected chi connectivity index (χ2v) is 6.73. The van der Waals surface area contributed by atoms with Gasteiger partial charge in [-0.3, -0.25) is 4.90 Å². The summed E-state index contributed by atoms with van der Waals surface area (Å²) in [5.74, 6) is 2.58. The second-order valence-electron chi connectivity index (χ2n) is 5.58. The van der Waals surface area contributed by atoms with Crippen molar-refractivity contribution < 1.29 is 4.74 Å². The molecule has 0 aromatic carbocycles. The maximum absolute atomic E-state index is 5.44. The Kier molecular flexibility index (Phi) is 4.81. The van der Waals surface area contributed by atoms with Crippen LogP contribution in [0.2, 0.25) is 0 Å². The summed E-state index contributed by atoms with van der Waals surface area (Å²) in [5.41, 5.74) is 0. The van der Waals surface area contributed by atoms with Crippen LogP contribution in [0.4, 0.5) is 0 Å². The van der Waals surface area contributed by atoms with Gasteiger partial charge in [-0.2, -0.15) is 11.8 Å². The number of hydrogen-bond acceptors (Lipinski definition) is 5. The van der Waals surface area contributed by atoms with E-state index < -0.39 is 0 Å². The summed E-state index contributed by atoms with van der Waals surface area (Å²) in [6, 6.07) is 1.50. The number of nitrogens with one attached hydrogen (secondary N) is 1. The predicted molar refractivity (Wildman–Crippen MR) is 76.4 cm³/mol. The molecule has 0 aliphatic carbocycles. The average molecular weight is 271 g/mol. The van der Waals surface area contributed by atoms with Crippen LogP contribution < -0.4 is 5.32 Å². The molecular formula is C13H25N3OS. The Labute approximate surface area is 114 Å². The summed E-state index contributed by atoms with van der Waals surface area (Å²) in [4.78, 5) is 5.29. The topological polar surface area (TPSA) is 27.7 Å². The minimum Gasteiger partial charge on any atom is -0.379 e. The predicted octanol–water partition coefficient (Wildman–Crippen LogP) is 0.0979. The molecule has 3 aliphatic heterocycles. The first-order valence-electron chi connectivity index (χ1n) is 7.27. The minimum atomic E-state index is 0.715. The first kappa shape index (κ1) is 13.2. The van der Waals surface area contributed by atoms with E-state index in [0.717, 1.165) is 32.3 Å². The van der Waals surface area contributed by atoms with E-state index in [1.54, 1.807) is 0 Å². The Morgan fingerprint density at radius 2 is 2.11 bits per heavy atom. The van der Waals surface area contributed by atoms with E-state index in [1.807, 2.05) is 0 Å². The lowest BCUT2D eigenvalue weighted by Gasteiger charge is -2.33. The van der Waals surface area contributed by atoms with Crippen LogP contribution in [0, 0.1) is 0 Å². The van der Waals surface area contributed by atoms with Gasteiger partial charge < -0.3 is 15.0 Å². The zero-order chi connectivity index (χ0) is 12.2. The van der Waals surface area contributed by atoms with E-state index in [2.05, 4.69) is 26.9 Å². The molecule has 5 heteroatoms. The normalized spacial score (nSPS) is 36.0. The number of rotatable bonds is 3. The highest BCUT2D eigenvalue weighted by atomic mass is 32.2. The van der Waals surface area contributed by atoms with E-state index in [0.29, 0.717) is 6.04 Å². The molecule has 0 spiro atoms. The van der Waals surface area contributed by atoms with Gasteiger partial charge in [0.2, 0.25) is 0 Å². The molecule has 18 heavy (non-hydrogen) atoms. The van der Waals surface area contributed by atoms with Crippen LogP contribution in [0.1, 0.15) is 6.42 Å². The fourth-order valence-corrected chi connectivity index (χ4v) is 4.20. The van der Waals surface area contributed by atoms with Gasteiger partial charge in [-0.25, -0.2) is 0 Å². The van der Waals surface area contributed by atoms with Crippen molar-refractivity contribution in [3.05, 3.63) is 0 Å². The van der Waals surface area contributed by atoms with Gasteiger partial charge in [0.25, 0.3) is 0 Å². The van der Waals surface area contributed by atoms with E-state index in [4.69, 9.17) is 4.74 Å². The Balaban J connectivity index is 1.42. The zero-order valence-corrected chi connectivity index (χ0v) is 12.0. The average Bonchev–Trinajstić information content (AvgIpc) is 2.89. The standard InChI is InChI=1S/C13H25N3OS/c1-3-15(9-12-11-18-8-2-14-12)10-13(1)16-4-6-17-7-5-16/h12-14H,1-11H2. The van der Waals surface area contributed by atoms with Gasteiger partial charge in [0.05, 0.1) is 13.2 Å². The lowest BCUT2D eigenvalue weighted by molar-refractivity contribution is 0.0184. The van der Waals surface area contributed by atoms with Gasteiger partial charge in [0, 0.05) is 56.3 Å². The Morgan fingerprint density at radius 1 is 1.22 bits per heavy atom. The molecule has 3 rings (SSSR count). The SMILES string of the molecule is C1CSCC(CN2CCC(N3CCOCC3)C2)N1. The summed E-state index contributed by atoms with van der Waals surface area (Å²) in [5, 5.41) is 3.64. The van der Waals surface area contributed by atoms with Crippen molar-refractivity contribution in [1.82, 2.24) is 15.1 Å². The zero-order valence-electron chi connectivity index (χ0n) is 11.1. The number of morpholine rings is 1. The molecule has 1 N–H and O–H groups in total. The molecule has 0 aromatic heterocycles. The van der Waals surface area contributed by atoms with E-state index >= 15 is 0 Å². The number of likely N-dealkylation sites (tertiary alicyclic amines) is 1. The van der Waals surface area contributed by atoms with Gasteiger partial charge >= 0.3 is 0 Å². The molecule has 0 saturated carbocycles. The highest BCUT2D eigenvalue weighted by molar-refractivity contribution is 7.99. The largest absolute Gasteiger partial charge is 0.379 e. The van der Waals surface area contributed by atoms with E-state index in [-0.39, 0.29) is 0 Å². The quantitative estimate of drug-likeness (QED) is 0.786. The van der Waals surface area contributed by atoms with Crippen LogP contribution in [0.15, 0.2) is 0 Å². The van der Waals surface area contributed by atoms with E-state index in [9.17, 15) is 0 Å². The third kappa shape index (κ3) is 3.39. The van der Waals surface area contributed by atoms with Gasteiger partial charge in [-0.05, 0) is 13.0 Å². The summed E-state index contributed by atoms with van der Waals surface area (Å²) in [7, 11) is 0. The number of nitrogens with zero attached hydrogens (tertiary/aromatic N) is 2. The van der Waals surface area contributed by atoms with Crippen molar-refractivity contribution in [3.63, 3.8) is 0 Å². The lowest BCUT2D eigenvalue weighted by atomic mass is 10.2. The first-order chi connectivity index (χ1) is 8.92. The number of thioether (sulfide) groups is 1. The number of hydrogen-bond donors (Lipinski definition) is 1. The van der Waals surface area contributed by atoms with Gasteiger partial charge in [-0.1, -0.05) is 0 Å². The molecule has 3 saturated heterocycles. The fraction of sp³-hybridized carbons (Fsp3) is 1.00. The van der Waals surface area contributed by atoms with Gasteiger partial charge in [0.1, 0.15) is 0 Å². The highest BCUT2D eigenvalue weighted by Gasteiger charge is 2.29. The Morgan fingerprint density at radius 3 is 2.89 bits per heavy atom. The summed E-state index contributed by atoms with van der Waals surface area (Å²) >= 11 is 2.10. The highest BCUT2D eigenvalue weighted by Crippen LogP contribution is 2.18. The van der Waals surface area contributed by atoms with Gasteiger partial charge in [-0.15, -0.1) is 0 Å².